The second-order valence-corrected chi connectivity index (χ2v) is 7.29. The van der Waals surface area contributed by atoms with Gasteiger partial charge in [-0.15, -0.1) is 0 Å². The molecular formula is C14H18N4O3S. The molecule has 1 unspecified atom stereocenters. The molecule has 0 saturated carbocycles. The average Bonchev–Trinajstić information content (AvgIpc) is 2.89. The van der Waals surface area contributed by atoms with E-state index in [9.17, 15) is 8.42 Å². The Bertz CT molecular complexity index is 758. The topological polar surface area (TPSA) is 77.3 Å². The monoisotopic (exact) mass is 322 g/mol. The Morgan fingerprint density at radius 2 is 2.27 bits per heavy atom. The highest BCUT2D eigenvalue weighted by Crippen LogP contribution is 2.30. The van der Waals surface area contributed by atoms with Crippen molar-refractivity contribution in [1.82, 2.24) is 19.1 Å². The van der Waals surface area contributed by atoms with Gasteiger partial charge in [-0.05, 0) is 12.1 Å². The smallest absolute Gasteiger partial charge is 0.244 e. The van der Waals surface area contributed by atoms with E-state index in [2.05, 4.69) is 10.1 Å². The van der Waals surface area contributed by atoms with E-state index in [4.69, 9.17) is 4.74 Å². The van der Waals surface area contributed by atoms with Crippen molar-refractivity contribution in [3.8, 4) is 0 Å². The van der Waals surface area contributed by atoms with E-state index in [1.807, 2.05) is 13.2 Å². The van der Waals surface area contributed by atoms with Crippen LogP contribution in [0.4, 0.5) is 0 Å². The quantitative estimate of drug-likeness (QED) is 0.830. The van der Waals surface area contributed by atoms with Crippen LogP contribution in [0, 0.1) is 0 Å². The molecule has 1 aliphatic heterocycles. The molecule has 2 aromatic rings. The second-order valence-electron chi connectivity index (χ2n) is 5.35. The Hall–Kier alpha value is -1.77. The number of aromatic nitrogens is 3. The number of hydrogen-bond acceptors (Lipinski definition) is 5. The third-order valence-electron chi connectivity index (χ3n) is 3.73. The van der Waals surface area contributed by atoms with Crippen molar-refractivity contribution in [2.24, 2.45) is 7.05 Å². The van der Waals surface area contributed by atoms with Gasteiger partial charge in [0.05, 0.1) is 12.3 Å². The molecule has 0 aromatic carbocycles. The Morgan fingerprint density at radius 1 is 1.45 bits per heavy atom. The van der Waals surface area contributed by atoms with E-state index in [1.54, 1.807) is 30.1 Å². The summed E-state index contributed by atoms with van der Waals surface area (Å²) >= 11 is 0. The average molecular weight is 322 g/mol. The first kappa shape index (κ1) is 15.1. The normalized spacial score (nSPS) is 19.1. The fourth-order valence-electron chi connectivity index (χ4n) is 2.77. The van der Waals surface area contributed by atoms with Crippen LogP contribution in [0.3, 0.4) is 0 Å². The highest BCUT2D eigenvalue weighted by atomic mass is 32.2. The van der Waals surface area contributed by atoms with Crippen LogP contribution in [0.1, 0.15) is 17.2 Å². The number of hydrogen-bond donors (Lipinski definition) is 0. The number of sulfonamides is 1. The molecule has 8 heteroatoms. The highest BCUT2D eigenvalue weighted by molar-refractivity contribution is 7.89. The van der Waals surface area contributed by atoms with Crippen LogP contribution in [0.5, 0.6) is 0 Å². The zero-order valence-corrected chi connectivity index (χ0v) is 13.3. The number of fused-ring (bicyclic) bond motifs is 1. The van der Waals surface area contributed by atoms with Gasteiger partial charge < -0.3 is 4.74 Å². The minimum atomic E-state index is -3.57. The fourth-order valence-corrected chi connectivity index (χ4v) is 4.20. The van der Waals surface area contributed by atoms with Crippen LogP contribution in [-0.4, -0.2) is 47.7 Å². The van der Waals surface area contributed by atoms with Gasteiger partial charge in [0.2, 0.25) is 10.0 Å². The molecule has 0 saturated heterocycles. The van der Waals surface area contributed by atoms with Crippen molar-refractivity contribution in [2.75, 3.05) is 20.3 Å². The van der Waals surface area contributed by atoms with Gasteiger partial charge in [-0.25, -0.2) is 8.42 Å². The fraction of sp³-hybridized carbons (Fsp3) is 0.429. The van der Waals surface area contributed by atoms with E-state index in [0.29, 0.717) is 19.7 Å². The van der Waals surface area contributed by atoms with Crippen LogP contribution in [0.15, 0.2) is 35.6 Å². The zero-order valence-electron chi connectivity index (χ0n) is 12.5. The summed E-state index contributed by atoms with van der Waals surface area (Å²) in [7, 11) is -0.125. The summed E-state index contributed by atoms with van der Waals surface area (Å²) in [5.41, 5.74) is 1.84. The number of rotatable bonds is 4. The van der Waals surface area contributed by atoms with Crippen molar-refractivity contribution in [1.29, 1.82) is 0 Å². The predicted octanol–water partition coefficient (Wildman–Crippen LogP) is 0.750. The SMILES string of the molecule is COCC1CN(S(=O)(=O)c2cccnc2)Cc2cn(C)nc21. The lowest BCUT2D eigenvalue weighted by Gasteiger charge is -2.30. The van der Waals surface area contributed by atoms with Crippen molar-refractivity contribution in [2.45, 2.75) is 17.4 Å². The number of nitrogens with zero attached hydrogens (tertiary/aromatic N) is 4. The zero-order chi connectivity index (χ0) is 15.7. The maximum absolute atomic E-state index is 12.8. The van der Waals surface area contributed by atoms with Crippen LogP contribution < -0.4 is 0 Å². The second kappa shape index (κ2) is 5.79. The third-order valence-corrected chi connectivity index (χ3v) is 5.53. The molecule has 22 heavy (non-hydrogen) atoms. The molecule has 0 aliphatic carbocycles. The van der Waals surface area contributed by atoms with Crippen LogP contribution in [0.25, 0.3) is 0 Å². The molecule has 1 atom stereocenters. The first-order chi connectivity index (χ1) is 10.5. The number of pyridine rings is 1. The molecule has 0 amide bonds. The van der Waals surface area contributed by atoms with E-state index in [-0.39, 0.29) is 10.8 Å². The summed E-state index contributed by atoms with van der Waals surface area (Å²) in [5, 5.41) is 4.44. The van der Waals surface area contributed by atoms with E-state index in [1.165, 1.54) is 10.5 Å². The molecular weight excluding hydrogens is 304 g/mol. The minimum absolute atomic E-state index is 0.0682. The standard InChI is InChI=1S/C14H18N4O3S/c1-17-7-11-8-18(9-12(10-21-2)14(11)16-17)22(19,20)13-4-3-5-15-6-13/h3-7,12H,8-10H2,1-2H3. The molecule has 3 heterocycles. The first-order valence-electron chi connectivity index (χ1n) is 6.94. The van der Waals surface area contributed by atoms with Crippen LogP contribution in [0.2, 0.25) is 0 Å². The maximum atomic E-state index is 12.8. The van der Waals surface area contributed by atoms with Gasteiger partial charge in [0.1, 0.15) is 4.90 Å². The number of methoxy groups -OCH3 is 1. The molecule has 0 radical (unpaired) electrons. The molecule has 1 aliphatic rings. The molecule has 0 N–H and O–H groups in total. The number of aryl methyl sites for hydroxylation is 1. The summed E-state index contributed by atoms with van der Waals surface area (Å²) in [6.45, 7) is 1.11. The van der Waals surface area contributed by atoms with E-state index < -0.39 is 10.0 Å². The molecule has 0 spiro atoms. The lowest BCUT2D eigenvalue weighted by atomic mass is 9.99. The minimum Gasteiger partial charge on any atom is -0.384 e. The van der Waals surface area contributed by atoms with E-state index in [0.717, 1.165) is 11.3 Å². The van der Waals surface area contributed by atoms with Crippen LogP contribution >= 0.6 is 0 Å². The number of ether oxygens (including phenoxy) is 1. The molecule has 7 nitrogen and oxygen atoms in total. The largest absolute Gasteiger partial charge is 0.384 e. The Kier molecular flexibility index (Phi) is 3.98. The summed E-state index contributed by atoms with van der Waals surface area (Å²) in [6.07, 6.45) is 4.80. The lowest BCUT2D eigenvalue weighted by molar-refractivity contribution is 0.161. The summed E-state index contributed by atoms with van der Waals surface area (Å²) in [5.74, 6) is -0.0682. The molecule has 3 rings (SSSR count). The van der Waals surface area contributed by atoms with Gasteiger partial charge in [0.15, 0.2) is 0 Å². The Balaban J connectivity index is 1.97. The first-order valence-corrected chi connectivity index (χ1v) is 8.38. The van der Waals surface area contributed by atoms with Crippen LogP contribution in [-0.2, 0) is 28.4 Å². The third kappa shape index (κ3) is 2.65. The summed E-state index contributed by atoms with van der Waals surface area (Å²) in [4.78, 5) is 4.11. The summed E-state index contributed by atoms with van der Waals surface area (Å²) in [6, 6.07) is 3.19. The van der Waals surface area contributed by atoms with Gasteiger partial charge >= 0.3 is 0 Å². The van der Waals surface area contributed by atoms with Crippen molar-refractivity contribution in [3.05, 3.63) is 42.0 Å². The van der Waals surface area contributed by atoms with Crippen molar-refractivity contribution >= 4 is 10.0 Å². The van der Waals surface area contributed by atoms with Gasteiger partial charge in [-0.1, -0.05) is 0 Å². The Labute approximate surface area is 129 Å². The molecule has 0 fully saturated rings. The predicted molar refractivity (Wildman–Crippen MR) is 79.7 cm³/mol. The van der Waals surface area contributed by atoms with Gasteiger partial charge in [0.25, 0.3) is 0 Å². The molecule has 2 aromatic heterocycles. The highest BCUT2D eigenvalue weighted by Gasteiger charge is 2.35. The molecule has 118 valence electrons. The van der Waals surface area contributed by atoms with Crippen molar-refractivity contribution in [3.63, 3.8) is 0 Å². The maximum Gasteiger partial charge on any atom is 0.244 e. The molecule has 0 bridgehead atoms. The Morgan fingerprint density at radius 3 is 2.95 bits per heavy atom. The van der Waals surface area contributed by atoms with Gasteiger partial charge in [-0.2, -0.15) is 9.40 Å². The summed E-state index contributed by atoms with van der Waals surface area (Å²) < 4.78 is 34.0. The lowest BCUT2D eigenvalue weighted by Crippen LogP contribution is -2.39. The van der Waals surface area contributed by atoms with Gasteiger partial charge in [0, 0.05) is 57.3 Å². The van der Waals surface area contributed by atoms with Crippen molar-refractivity contribution < 1.29 is 13.2 Å². The van der Waals surface area contributed by atoms with Gasteiger partial charge in [-0.3, -0.25) is 9.67 Å². The van der Waals surface area contributed by atoms with E-state index >= 15 is 0 Å².